The Morgan fingerprint density at radius 3 is 2.36 bits per heavy atom. The molecule has 0 spiro atoms. The highest BCUT2D eigenvalue weighted by Gasteiger charge is 2.18. The van der Waals surface area contributed by atoms with Gasteiger partial charge in [0.1, 0.15) is 5.75 Å². The van der Waals surface area contributed by atoms with E-state index in [0.29, 0.717) is 5.75 Å². The van der Waals surface area contributed by atoms with Crippen LogP contribution >= 0.6 is 0 Å². The first-order valence-corrected chi connectivity index (χ1v) is 8.75. The van der Waals surface area contributed by atoms with E-state index < -0.39 is 10.0 Å². The van der Waals surface area contributed by atoms with Gasteiger partial charge in [-0.15, -0.1) is 0 Å². The monoisotopic (exact) mass is 319 g/mol. The van der Waals surface area contributed by atoms with Gasteiger partial charge >= 0.3 is 0 Å². The molecule has 4 nitrogen and oxygen atoms in total. The Morgan fingerprint density at radius 1 is 1.09 bits per heavy atom. The molecule has 0 aliphatic rings. The van der Waals surface area contributed by atoms with Crippen LogP contribution in [0.25, 0.3) is 0 Å². The molecule has 2 rings (SSSR count). The maximum absolute atomic E-state index is 12.3. The third kappa shape index (κ3) is 4.32. The molecular formula is C17H21NO3S. The smallest absolute Gasteiger partial charge is 0.216 e. The van der Waals surface area contributed by atoms with Gasteiger partial charge < -0.3 is 4.74 Å². The van der Waals surface area contributed by atoms with Crippen molar-refractivity contribution >= 4 is 10.0 Å². The quantitative estimate of drug-likeness (QED) is 0.889. The van der Waals surface area contributed by atoms with Crippen molar-refractivity contribution in [3.8, 4) is 5.75 Å². The molecule has 0 aliphatic carbocycles. The molecule has 0 radical (unpaired) electrons. The molecule has 0 amide bonds. The van der Waals surface area contributed by atoms with Gasteiger partial charge in [0.25, 0.3) is 0 Å². The summed E-state index contributed by atoms with van der Waals surface area (Å²) in [6.07, 6.45) is 0. The molecule has 5 heteroatoms. The molecule has 2 aromatic rings. The third-order valence-electron chi connectivity index (χ3n) is 3.44. The number of ether oxygens (including phenoxy) is 1. The first kappa shape index (κ1) is 16.5. The number of hydrogen-bond acceptors (Lipinski definition) is 3. The van der Waals surface area contributed by atoms with Crippen LogP contribution in [0, 0.1) is 6.92 Å². The van der Waals surface area contributed by atoms with Gasteiger partial charge in [-0.1, -0.05) is 48.0 Å². The Labute approximate surface area is 132 Å². The second kappa shape index (κ2) is 6.94. The fraction of sp³-hybridized carbons (Fsp3) is 0.294. The third-order valence-corrected chi connectivity index (χ3v) is 4.87. The summed E-state index contributed by atoms with van der Waals surface area (Å²) in [7, 11) is -1.85. The van der Waals surface area contributed by atoms with Gasteiger partial charge in [0.2, 0.25) is 10.0 Å². The van der Waals surface area contributed by atoms with Gasteiger partial charge in [-0.2, -0.15) is 0 Å². The van der Waals surface area contributed by atoms with Crippen molar-refractivity contribution in [1.82, 2.24) is 4.72 Å². The summed E-state index contributed by atoms with van der Waals surface area (Å²) < 4.78 is 32.6. The summed E-state index contributed by atoms with van der Waals surface area (Å²) in [6, 6.07) is 14.5. The Kier molecular flexibility index (Phi) is 5.21. The van der Waals surface area contributed by atoms with E-state index in [4.69, 9.17) is 4.74 Å². The number of benzene rings is 2. The first-order valence-electron chi connectivity index (χ1n) is 7.10. The Bertz CT molecular complexity index is 724. The van der Waals surface area contributed by atoms with Crippen LogP contribution < -0.4 is 9.46 Å². The highest BCUT2D eigenvalue weighted by atomic mass is 32.2. The Balaban J connectivity index is 2.12. The van der Waals surface area contributed by atoms with E-state index in [-0.39, 0.29) is 11.8 Å². The largest absolute Gasteiger partial charge is 0.496 e. The summed E-state index contributed by atoms with van der Waals surface area (Å²) in [5.74, 6) is 0.639. The van der Waals surface area contributed by atoms with Crippen molar-refractivity contribution < 1.29 is 13.2 Å². The number of rotatable bonds is 6. The number of methoxy groups -OCH3 is 1. The molecular weight excluding hydrogens is 298 g/mol. The zero-order valence-electron chi connectivity index (χ0n) is 13.0. The average Bonchev–Trinajstić information content (AvgIpc) is 2.48. The molecule has 0 bridgehead atoms. The highest BCUT2D eigenvalue weighted by Crippen LogP contribution is 2.25. The molecule has 0 saturated heterocycles. The zero-order valence-corrected chi connectivity index (χ0v) is 13.9. The Hall–Kier alpha value is -1.85. The number of nitrogens with one attached hydrogen (secondary N) is 1. The molecule has 1 atom stereocenters. The SMILES string of the molecule is COc1ccccc1[C@@H](C)NS(=O)(=O)Cc1ccc(C)cc1. The van der Waals surface area contributed by atoms with Crippen molar-refractivity contribution in [3.05, 3.63) is 65.2 Å². The van der Waals surface area contributed by atoms with Crippen molar-refractivity contribution in [2.75, 3.05) is 7.11 Å². The fourth-order valence-corrected chi connectivity index (χ4v) is 3.68. The van der Waals surface area contributed by atoms with E-state index in [1.807, 2.05) is 62.4 Å². The summed E-state index contributed by atoms with van der Waals surface area (Å²) in [5.41, 5.74) is 2.69. The number of hydrogen-bond donors (Lipinski definition) is 1. The molecule has 0 heterocycles. The standard InChI is InChI=1S/C17H21NO3S/c1-13-8-10-15(11-9-13)12-22(19,20)18-14(2)16-6-4-5-7-17(16)21-3/h4-11,14,18H,12H2,1-3H3/t14-/m1/s1. The second-order valence-electron chi connectivity index (χ2n) is 5.33. The van der Waals surface area contributed by atoms with Gasteiger partial charge in [0.05, 0.1) is 12.9 Å². The lowest BCUT2D eigenvalue weighted by Gasteiger charge is -2.17. The second-order valence-corrected chi connectivity index (χ2v) is 7.08. The molecule has 2 aromatic carbocycles. The molecule has 0 fully saturated rings. The minimum absolute atomic E-state index is 0.0350. The van der Waals surface area contributed by atoms with Crippen LogP contribution in [0.3, 0.4) is 0 Å². The number of aryl methyl sites for hydroxylation is 1. The van der Waals surface area contributed by atoms with E-state index in [1.54, 1.807) is 7.11 Å². The molecule has 0 saturated carbocycles. The van der Waals surface area contributed by atoms with Crippen molar-refractivity contribution in [2.45, 2.75) is 25.6 Å². The van der Waals surface area contributed by atoms with Crippen LogP contribution in [0.5, 0.6) is 5.75 Å². The van der Waals surface area contributed by atoms with E-state index in [0.717, 1.165) is 16.7 Å². The van der Waals surface area contributed by atoms with Gasteiger partial charge in [-0.05, 0) is 25.5 Å². The summed E-state index contributed by atoms with van der Waals surface area (Å²) >= 11 is 0. The molecule has 1 N–H and O–H groups in total. The number of para-hydroxylation sites is 1. The van der Waals surface area contributed by atoms with Gasteiger partial charge in [0, 0.05) is 11.6 Å². The Morgan fingerprint density at radius 2 is 1.73 bits per heavy atom. The van der Waals surface area contributed by atoms with Crippen molar-refractivity contribution in [2.24, 2.45) is 0 Å². The molecule has 0 unspecified atom stereocenters. The number of sulfonamides is 1. The van der Waals surface area contributed by atoms with E-state index in [1.165, 1.54) is 0 Å². The molecule has 22 heavy (non-hydrogen) atoms. The average molecular weight is 319 g/mol. The summed E-state index contributed by atoms with van der Waals surface area (Å²) in [6.45, 7) is 3.78. The lowest BCUT2D eigenvalue weighted by molar-refractivity contribution is 0.405. The van der Waals surface area contributed by atoms with E-state index >= 15 is 0 Å². The van der Waals surface area contributed by atoms with Gasteiger partial charge in [-0.25, -0.2) is 13.1 Å². The highest BCUT2D eigenvalue weighted by molar-refractivity contribution is 7.88. The van der Waals surface area contributed by atoms with E-state index in [2.05, 4.69) is 4.72 Å². The summed E-state index contributed by atoms with van der Waals surface area (Å²) in [4.78, 5) is 0. The topological polar surface area (TPSA) is 55.4 Å². The molecule has 0 aliphatic heterocycles. The molecule has 0 aromatic heterocycles. The van der Waals surface area contributed by atoms with Crippen LogP contribution in [0.15, 0.2) is 48.5 Å². The predicted octanol–water partition coefficient (Wildman–Crippen LogP) is 3.18. The predicted molar refractivity (Wildman–Crippen MR) is 88.3 cm³/mol. The van der Waals surface area contributed by atoms with Crippen LogP contribution in [0.4, 0.5) is 0 Å². The van der Waals surface area contributed by atoms with Gasteiger partial charge in [0.15, 0.2) is 0 Å². The zero-order chi connectivity index (χ0) is 16.2. The first-order chi connectivity index (χ1) is 10.4. The maximum atomic E-state index is 12.3. The lowest BCUT2D eigenvalue weighted by atomic mass is 10.1. The molecule has 118 valence electrons. The minimum atomic E-state index is -3.43. The minimum Gasteiger partial charge on any atom is -0.496 e. The van der Waals surface area contributed by atoms with E-state index in [9.17, 15) is 8.42 Å². The van der Waals surface area contributed by atoms with Crippen LogP contribution in [-0.2, 0) is 15.8 Å². The van der Waals surface area contributed by atoms with Crippen LogP contribution in [0.1, 0.15) is 29.7 Å². The fourth-order valence-electron chi connectivity index (χ4n) is 2.30. The maximum Gasteiger partial charge on any atom is 0.216 e. The van der Waals surface area contributed by atoms with Crippen molar-refractivity contribution in [1.29, 1.82) is 0 Å². The van der Waals surface area contributed by atoms with Crippen LogP contribution in [0.2, 0.25) is 0 Å². The summed E-state index contributed by atoms with van der Waals surface area (Å²) in [5, 5.41) is 0. The van der Waals surface area contributed by atoms with Crippen LogP contribution in [-0.4, -0.2) is 15.5 Å². The normalized spacial score (nSPS) is 12.9. The van der Waals surface area contributed by atoms with Crippen molar-refractivity contribution in [3.63, 3.8) is 0 Å². The lowest BCUT2D eigenvalue weighted by Crippen LogP contribution is -2.28. The van der Waals surface area contributed by atoms with Gasteiger partial charge in [-0.3, -0.25) is 0 Å².